The Morgan fingerprint density at radius 2 is 1.76 bits per heavy atom. The fourth-order valence-corrected chi connectivity index (χ4v) is 5.68. The zero-order chi connectivity index (χ0) is 23.1. The van der Waals surface area contributed by atoms with Crippen molar-refractivity contribution in [2.45, 2.75) is 51.4 Å². The SMILES string of the molecule is CN1CCOc2ccccc2CCCCC2(CCN(C(=O)CCc3ccccc3Cl)CC2)C1. The van der Waals surface area contributed by atoms with E-state index >= 15 is 0 Å². The van der Waals surface area contributed by atoms with E-state index in [9.17, 15) is 4.79 Å². The molecular weight excluding hydrogens is 432 g/mol. The van der Waals surface area contributed by atoms with Gasteiger partial charge in [-0.2, -0.15) is 0 Å². The monoisotopic (exact) mass is 468 g/mol. The van der Waals surface area contributed by atoms with E-state index in [1.54, 1.807) is 0 Å². The maximum absolute atomic E-state index is 12.9. The van der Waals surface area contributed by atoms with E-state index in [-0.39, 0.29) is 5.91 Å². The molecule has 0 N–H and O–H groups in total. The molecule has 0 unspecified atom stereocenters. The zero-order valence-electron chi connectivity index (χ0n) is 19.9. The molecule has 2 aliphatic rings. The number of ether oxygens (including phenoxy) is 1. The van der Waals surface area contributed by atoms with E-state index < -0.39 is 0 Å². The topological polar surface area (TPSA) is 32.8 Å². The number of aryl methyl sites for hydroxylation is 2. The van der Waals surface area contributed by atoms with Crippen molar-refractivity contribution in [3.63, 3.8) is 0 Å². The largest absolute Gasteiger partial charge is 0.492 e. The molecule has 2 aliphatic heterocycles. The summed E-state index contributed by atoms with van der Waals surface area (Å²) in [6.45, 7) is 4.47. The lowest BCUT2D eigenvalue weighted by Gasteiger charge is -2.44. The smallest absolute Gasteiger partial charge is 0.222 e. The van der Waals surface area contributed by atoms with Crippen molar-refractivity contribution in [2.24, 2.45) is 5.41 Å². The van der Waals surface area contributed by atoms with Gasteiger partial charge >= 0.3 is 0 Å². The third kappa shape index (κ3) is 6.51. The second kappa shape index (κ2) is 11.4. The highest BCUT2D eigenvalue weighted by Gasteiger charge is 2.36. The van der Waals surface area contributed by atoms with Gasteiger partial charge in [0.15, 0.2) is 0 Å². The predicted molar refractivity (Wildman–Crippen MR) is 135 cm³/mol. The Hall–Kier alpha value is -2.04. The normalized spacial score (nSPS) is 19.8. The Labute approximate surface area is 203 Å². The van der Waals surface area contributed by atoms with E-state index in [0.717, 1.165) is 68.4 Å². The van der Waals surface area contributed by atoms with Crippen LogP contribution in [0.15, 0.2) is 48.5 Å². The van der Waals surface area contributed by atoms with Gasteiger partial charge in [-0.3, -0.25) is 4.79 Å². The maximum Gasteiger partial charge on any atom is 0.222 e. The van der Waals surface area contributed by atoms with E-state index in [1.807, 2.05) is 24.3 Å². The van der Waals surface area contributed by atoms with Gasteiger partial charge in [0.2, 0.25) is 5.91 Å². The summed E-state index contributed by atoms with van der Waals surface area (Å²) in [4.78, 5) is 17.4. The second-order valence-electron chi connectivity index (χ2n) is 9.87. The third-order valence-corrected chi connectivity index (χ3v) is 7.82. The van der Waals surface area contributed by atoms with Gasteiger partial charge in [-0.05, 0) is 74.2 Å². The summed E-state index contributed by atoms with van der Waals surface area (Å²) >= 11 is 6.27. The van der Waals surface area contributed by atoms with Crippen LogP contribution in [-0.4, -0.2) is 55.5 Å². The summed E-state index contributed by atoms with van der Waals surface area (Å²) in [7, 11) is 2.21. The summed E-state index contributed by atoms with van der Waals surface area (Å²) in [6, 6.07) is 16.3. The summed E-state index contributed by atoms with van der Waals surface area (Å²) in [5.74, 6) is 1.31. The maximum atomic E-state index is 12.9. The van der Waals surface area contributed by atoms with Crippen molar-refractivity contribution in [2.75, 3.05) is 39.8 Å². The lowest BCUT2D eigenvalue weighted by molar-refractivity contribution is -0.133. The first-order chi connectivity index (χ1) is 16.0. The molecule has 0 radical (unpaired) electrons. The number of para-hydroxylation sites is 1. The molecule has 0 aromatic heterocycles. The number of likely N-dealkylation sites (N-methyl/N-ethyl adjacent to an activating group) is 1. The second-order valence-corrected chi connectivity index (χ2v) is 10.3. The van der Waals surface area contributed by atoms with Crippen molar-refractivity contribution in [3.8, 4) is 5.75 Å². The molecule has 0 saturated carbocycles. The Kier molecular flexibility index (Phi) is 8.32. The van der Waals surface area contributed by atoms with Crippen LogP contribution in [-0.2, 0) is 17.6 Å². The molecule has 0 bridgehead atoms. The Bertz CT molecular complexity index is 924. The highest BCUT2D eigenvalue weighted by Crippen LogP contribution is 2.38. The van der Waals surface area contributed by atoms with Crippen LogP contribution >= 0.6 is 11.6 Å². The van der Waals surface area contributed by atoms with Crippen LogP contribution in [0.4, 0.5) is 0 Å². The molecule has 0 aliphatic carbocycles. The minimum Gasteiger partial charge on any atom is -0.492 e. The van der Waals surface area contributed by atoms with Crippen molar-refractivity contribution >= 4 is 17.5 Å². The number of hydrogen-bond acceptors (Lipinski definition) is 3. The van der Waals surface area contributed by atoms with Crippen LogP contribution in [0.3, 0.4) is 0 Å². The highest BCUT2D eigenvalue weighted by molar-refractivity contribution is 6.31. The van der Waals surface area contributed by atoms with Gasteiger partial charge in [0, 0.05) is 37.6 Å². The van der Waals surface area contributed by atoms with E-state index in [4.69, 9.17) is 16.3 Å². The number of amides is 1. The number of fused-ring (bicyclic) bond motifs is 1. The van der Waals surface area contributed by atoms with Gasteiger partial charge in [-0.25, -0.2) is 0 Å². The van der Waals surface area contributed by atoms with Crippen LogP contribution in [0, 0.1) is 5.41 Å². The number of piperidine rings is 1. The van der Waals surface area contributed by atoms with Crippen LogP contribution in [0.1, 0.15) is 49.7 Å². The van der Waals surface area contributed by atoms with Crippen LogP contribution in [0.5, 0.6) is 5.75 Å². The van der Waals surface area contributed by atoms with Crippen LogP contribution < -0.4 is 4.74 Å². The fraction of sp³-hybridized carbons (Fsp3) is 0.536. The first-order valence-corrected chi connectivity index (χ1v) is 12.8. The van der Waals surface area contributed by atoms with Gasteiger partial charge in [0.25, 0.3) is 0 Å². The van der Waals surface area contributed by atoms with Crippen molar-refractivity contribution in [1.29, 1.82) is 0 Å². The lowest BCUT2D eigenvalue weighted by Crippen LogP contribution is -2.48. The molecule has 2 heterocycles. The molecule has 2 aromatic carbocycles. The Morgan fingerprint density at radius 3 is 2.58 bits per heavy atom. The van der Waals surface area contributed by atoms with E-state index in [2.05, 4.69) is 41.1 Å². The van der Waals surface area contributed by atoms with Crippen LogP contribution in [0.2, 0.25) is 5.02 Å². The highest BCUT2D eigenvalue weighted by atomic mass is 35.5. The third-order valence-electron chi connectivity index (χ3n) is 7.45. The molecule has 1 fully saturated rings. The molecule has 5 heteroatoms. The summed E-state index contributed by atoms with van der Waals surface area (Å²) in [6.07, 6.45) is 8.16. The van der Waals surface area contributed by atoms with Crippen molar-refractivity contribution in [1.82, 2.24) is 9.80 Å². The summed E-state index contributed by atoms with van der Waals surface area (Å²) in [5, 5.41) is 0.755. The predicted octanol–water partition coefficient (Wildman–Crippen LogP) is 5.62. The lowest BCUT2D eigenvalue weighted by atomic mass is 9.73. The number of hydrogen-bond donors (Lipinski definition) is 0. The number of carbonyl (C=O) groups excluding carboxylic acids is 1. The minimum absolute atomic E-state index is 0.260. The molecule has 0 atom stereocenters. The molecule has 1 saturated heterocycles. The standard InChI is InChI=1S/C28H37ClN2O2/c1-30-20-21-33-26-12-5-3-9-24(26)10-6-7-15-28(22-30)16-18-31(19-17-28)27(32)14-13-23-8-2-4-11-25(23)29/h2-5,8-9,11-12H,6-7,10,13-22H2,1H3. The fourth-order valence-electron chi connectivity index (χ4n) is 5.45. The van der Waals surface area contributed by atoms with E-state index in [0.29, 0.717) is 18.3 Å². The Balaban J connectivity index is 1.33. The molecule has 2 aromatic rings. The summed E-state index contributed by atoms with van der Waals surface area (Å²) < 4.78 is 6.12. The molecule has 1 spiro atoms. The number of rotatable bonds is 3. The van der Waals surface area contributed by atoms with Gasteiger partial charge in [-0.1, -0.05) is 54.4 Å². The van der Waals surface area contributed by atoms with Gasteiger partial charge in [0.05, 0.1) is 0 Å². The average Bonchev–Trinajstić information content (AvgIpc) is 2.82. The first-order valence-electron chi connectivity index (χ1n) is 12.5. The van der Waals surface area contributed by atoms with Gasteiger partial charge in [0.1, 0.15) is 12.4 Å². The van der Waals surface area contributed by atoms with Crippen molar-refractivity contribution < 1.29 is 9.53 Å². The number of likely N-dealkylation sites (tertiary alicyclic amines) is 1. The summed E-state index contributed by atoms with van der Waals surface area (Å²) in [5.41, 5.74) is 2.69. The molecule has 1 amide bonds. The number of halogens is 1. The van der Waals surface area contributed by atoms with E-state index in [1.165, 1.54) is 24.8 Å². The molecule has 4 rings (SSSR count). The van der Waals surface area contributed by atoms with Crippen LogP contribution in [0.25, 0.3) is 0 Å². The number of carbonyl (C=O) groups is 1. The molecule has 178 valence electrons. The number of nitrogens with zero attached hydrogens (tertiary/aromatic N) is 2. The molecular formula is C28H37ClN2O2. The van der Waals surface area contributed by atoms with Gasteiger partial charge in [-0.15, -0.1) is 0 Å². The minimum atomic E-state index is 0.260. The average molecular weight is 469 g/mol. The molecule has 4 nitrogen and oxygen atoms in total. The zero-order valence-corrected chi connectivity index (χ0v) is 20.7. The first kappa shape index (κ1) is 24.1. The number of benzene rings is 2. The van der Waals surface area contributed by atoms with Gasteiger partial charge < -0.3 is 14.5 Å². The van der Waals surface area contributed by atoms with Crippen molar-refractivity contribution in [3.05, 3.63) is 64.7 Å². The quantitative estimate of drug-likeness (QED) is 0.586. The molecule has 33 heavy (non-hydrogen) atoms. The Morgan fingerprint density at radius 1 is 1.00 bits per heavy atom.